The second-order valence-electron chi connectivity index (χ2n) is 6.01. The minimum Gasteiger partial charge on any atom is -0.316 e. The molecule has 20 heavy (non-hydrogen) atoms. The number of piperidine rings is 1. The van der Waals surface area contributed by atoms with Gasteiger partial charge in [-0.3, -0.25) is 4.90 Å². The highest BCUT2D eigenvalue weighted by Gasteiger charge is 2.19. The number of halogens is 2. The summed E-state index contributed by atoms with van der Waals surface area (Å²) in [6, 6.07) is 6.34. The van der Waals surface area contributed by atoms with Crippen LogP contribution in [0.15, 0.2) is 18.2 Å². The van der Waals surface area contributed by atoms with Crippen LogP contribution in [0.4, 0.5) is 0 Å². The largest absolute Gasteiger partial charge is 0.316 e. The molecule has 0 amide bonds. The first-order valence-corrected chi connectivity index (χ1v) is 8.20. The molecule has 1 N–H and O–H groups in total. The lowest BCUT2D eigenvalue weighted by Crippen LogP contribution is -2.40. The van der Waals surface area contributed by atoms with E-state index in [9.17, 15) is 0 Å². The zero-order valence-electron chi connectivity index (χ0n) is 12.3. The van der Waals surface area contributed by atoms with Crippen molar-refractivity contribution in [1.82, 2.24) is 10.2 Å². The molecule has 0 saturated carbocycles. The van der Waals surface area contributed by atoms with E-state index in [0.717, 1.165) is 35.6 Å². The number of rotatable bonds is 5. The van der Waals surface area contributed by atoms with E-state index in [1.54, 1.807) is 6.07 Å². The summed E-state index contributed by atoms with van der Waals surface area (Å²) in [5.74, 6) is 0.751. The molecule has 1 atom stereocenters. The van der Waals surface area contributed by atoms with Gasteiger partial charge in [-0.2, -0.15) is 0 Å². The van der Waals surface area contributed by atoms with Gasteiger partial charge in [-0.15, -0.1) is 0 Å². The monoisotopic (exact) mass is 314 g/mol. The van der Waals surface area contributed by atoms with E-state index in [1.807, 2.05) is 12.1 Å². The van der Waals surface area contributed by atoms with Gasteiger partial charge in [-0.25, -0.2) is 0 Å². The van der Waals surface area contributed by atoms with Crippen LogP contribution in [0.2, 0.25) is 10.0 Å². The summed E-state index contributed by atoms with van der Waals surface area (Å²) in [5, 5.41) is 4.93. The third kappa shape index (κ3) is 4.92. The molecule has 1 saturated heterocycles. The van der Waals surface area contributed by atoms with Crippen molar-refractivity contribution >= 4 is 23.2 Å². The molecule has 0 radical (unpaired) electrons. The first kappa shape index (κ1) is 16.1. The number of nitrogens with one attached hydrogen (secondary N) is 1. The SMILES string of the molecule is CC(C)N(Cc1cc(Cl)cc(Cl)c1)CC1CCCNC1. The van der Waals surface area contributed by atoms with Crippen molar-refractivity contribution < 1.29 is 0 Å². The summed E-state index contributed by atoms with van der Waals surface area (Å²) in [4.78, 5) is 2.51. The molecule has 1 fully saturated rings. The molecule has 0 bridgehead atoms. The average molecular weight is 315 g/mol. The standard InChI is InChI=1S/C16H24Cl2N2/c1-12(2)20(10-13-4-3-5-19-9-13)11-14-6-15(17)8-16(18)7-14/h6-8,12-13,19H,3-5,9-11H2,1-2H3. The molecule has 2 rings (SSSR count). The zero-order valence-corrected chi connectivity index (χ0v) is 13.8. The van der Waals surface area contributed by atoms with Crippen LogP contribution in [0.3, 0.4) is 0 Å². The molecule has 0 spiro atoms. The fraction of sp³-hybridized carbons (Fsp3) is 0.625. The van der Waals surface area contributed by atoms with Gasteiger partial charge in [0.05, 0.1) is 0 Å². The fourth-order valence-electron chi connectivity index (χ4n) is 2.81. The topological polar surface area (TPSA) is 15.3 Å². The lowest BCUT2D eigenvalue weighted by atomic mass is 9.98. The summed E-state index contributed by atoms with van der Waals surface area (Å²) in [6.45, 7) is 8.86. The molecule has 1 heterocycles. The maximum absolute atomic E-state index is 6.09. The summed E-state index contributed by atoms with van der Waals surface area (Å²) in [6.07, 6.45) is 2.62. The molecule has 1 aliphatic rings. The second kappa shape index (κ2) is 7.65. The van der Waals surface area contributed by atoms with E-state index < -0.39 is 0 Å². The predicted molar refractivity (Wildman–Crippen MR) is 87.6 cm³/mol. The Morgan fingerprint density at radius 1 is 1.25 bits per heavy atom. The first-order valence-electron chi connectivity index (χ1n) is 7.44. The molecule has 2 nitrogen and oxygen atoms in total. The summed E-state index contributed by atoms with van der Waals surface area (Å²) in [5.41, 5.74) is 1.19. The van der Waals surface area contributed by atoms with E-state index in [0.29, 0.717) is 6.04 Å². The van der Waals surface area contributed by atoms with Crippen LogP contribution in [0.1, 0.15) is 32.3 Å². The summed E-state index contributed by atoms with van der Waals surface area (Å²) < 4.78 is 0. The quantitative estimate of drug-likeness (QED) is 0.876. The maximum atomic E-state index is 6.09. The zero-order chi connectivity index (χ0) is 14.5. The Kier molecular flexibility index (Phi) is 6.16. The highest BCUT2D eigenvalue weighted by atomic mass is 35.5. The van der Waals surface area contributed by atoms with Gasteiger partial charge in [0.2, 0.25) is 0 Å². The smallest absolute Gasteiger partial charge is 0.0424 e. The van der Waals surface area contributed by atoms with Crippen LogP contribution >= 0.6 is 23.2 Å². The first-order chi connectivity index (χ1) is 9.54. The number of benzene rings is 1. The Hall–Kier alpha value is -0.280. The molecule has 0 aromatic heterocycles. The molecule has 112 valence electrons. The third-order valence-electron chi connectivity index (χ3n) is 3.93. The average Bonchev–Trinajstić information content (AvgIpc) is 2.38. The van der Waals surface area contributed by atoms with Crippen LogP contribution in [-0.4, -0.2) is 30.6 Å². The Labute approximate surface area is 132 Å². The predicted octanol–water partition coefficient (Wildman–Crippen LogP) is 4.20. The van der Waals surface area contributed by atoms with E-state index in [1.165, 1.54) is 24.9 Å². The molecule has 4 heteroatoms. The maximum Gasteiger partial charge on any atom is 0.0424 e. The van der Waals surface area contributed by atoms with Crippen LogP contribution < -0.4 is 5.32 Å². The van der Waals surface area contributed by atoms with Gasteiger partial charge in [0.1, 0.15) is 0 Å². The van der Waals surface area contributed by atoms with Crippen molar-refractivity contribution in [2.75, 3.05) is 19.6 Å². The normalized spacial score (nSPS) is 19.8. The van der Waals surface area contributed by atoms with Crippen molar-refractivity contribution in [3.05, 3.63) is 33.8 Å². The van der Waals surface area contributed by atoms with Crippen molar-refractivity contribution in [2.24, 2.45) is 5.92 Å². The lowest BCUT2D eigenvalue weighted by Gasteiger charge is -2.33. The van der Waals surface area contributed by atoms with Gasteiger partial charge in [0, 0.05) is 29.2 Å². The van der Waals surface area contributed by atoms with Gasteiger partial charge in [0.25, 0.3) is 0 Å². The van der Waals surface area contributed by atoms with Crippen molar-refractivity contribution in [1.29, 1.82) is 0 Å². The Bertz CT molecular complexity index is 408. The minimum absolute atomic E-state index is 0.523. The van der Waals surface area contributed by atoms with E-state index >= 15 is 0 Å². The van der Waals surface area contributed by atoms with Crippen molar-refractivity contribution in [3.8, 4) is 0 Å². The second-order valence-corrected chi connectivity index (χ2v) is 6.89. The molecule has 1 aliphatic heterocycles. The number of hydrogen-bond acceptors (Lipinski definition) is 2. The van der Waals surface area contributed by atoms with E-state index in [-0.39, 0.29) is 0 Å². The third-order valence-corrected chi connectivity index (χ3v) is 4.37. The molecular weight excluding hydrogens is 291 g/mol. The van der Waals surface area contributed by atoms with Crippen LogP contribution in [-0.2, 0) is 6.54 Å². The van der Waals surface area contributed by atoms with Crippen molar-refractivity contribution in [3.63, 3.8) is 0 Å². The Balaban J connectivity index is 2.00. The van der Waals surface area contributed by atoms with Crippen LogP contribution in [0.25, 0.3) is 0 Å². The van der Waals surface area contributed by atoms with Crippen LogP contribution in [0, 0.1) is 5.92 Å². The fourth-order valence-corrected chi connectivity index (χ4v) is 3.38. The molecule has 1 unspecified atom stereocenters. The highest BCUT2D eigenvalue weighted by Crippen LogP contribution is 2.22. The summed E-state index contributed by atoms with van der Waals surface area (Å²) >= 11 is 12.2. The van der Waals surface area contributed by atoms with Gasteiger partial charge < -0.3 is 5.32 Å². The van der Waals surface area contributed by atoms with Gasteiger partial charge in [0.15, 0.2) is 0 Å². The van der Waals surface area contributed by atoms with E-state index in [4.69, 9.17) is 23.2 Å². The van der Waals surface area contributed by atoms with Gasteiger partial charge in [-0.1, -0.05) is 23.2 Å². The Morgan fingerprint density at radius 2 is 1.95 bits per heavy atom. The van der Waals surface area contributed by atoms with Crippen molar-refractivity contribution in [2.45, 2.75) is 39.3 Å². The number of hydrogen-bond donors (Lipinski definition) is 1. The Morgan fingerprint density at radius 3 is 2.50 bits per heavy atom. The number of nitrogens with zero attached hydrogens (tertiary/aromatic N) is 1. The highest BCUT2D eigenvalue weighted by molar-refractivity contribution is 6.34. The van der Waals surface area contributed by atoms with Gasteiger partial charge in [-0.05, 0) is 69.5 Å². The molecule has 1 aromatic rings. The molecular formula is C16H24Cl2N2. The molecule has 1 aromatic carbocycles. The van der Waals surface area contributed by atoms with E-state index in [2.05, 4.69) is 24.1 Å². The molecule has 0 aliphatic carbocycles. The lowest BCUT2D eigenvalue weighted by molar-refractivity contribution is 0.164. The minimum atomic E-state index is 0.523. The van der Waals surface area contributed by atoms with Crippen LogP contribution in [0.5, 0.6) is 0 Å². The van der Waals surface area contributed by atoms with Gasteiger partial charge >= 0.3 is 0 Å². The summed E-state index contributed by atoms with van der Waals surface area (Å²) in [7, 11) is 0.